The summed E-state index contributed by atoms with van der Waals surface area (Å²) in [6, 6.07) is 16.0. The average molecular weight is 409 g/mol. The van der Waals surface area contributed by atoms with Crippen LogP contribution in [0.15, 0.2) is 71.3 Å². The van der Waals surface area contributed by atoms with E-state index in [4.69, 9.17) is 9.15 Å². The molecule has 1 aromatic heterocycles. The van der Waals surface area contributed by atoms with Crippen LogP contribution in [0.2, 0.25) is 0 Å². The van der Waals surface area contributed by atoms with E-state index in [2.05, 4.69) is 10.6 Å². The third-order valence-corrected chi connectivity index (χ3v) is 4.19. The Kier molecular flexibility index (Phi) is 6.43. The van der Waals surface area contributed by atoms with Gasteiger partial charge in [-0.15, -0.1) is 0 Å². The molecule has 9 heteroatoms. The molecule has 0 unspecified atom stereocenters. The maximum atomic E-state index is 12.6. The Labute approximate surface area is 171 Å². The van der Waals surface area contributed by atoms with Crippen LogP contribution in [0, 0.1) is 10.1 Å². The molecule has 1 heterocycles. The normalized spacial score (nSPS) is 11.4. The van der Waals surface area contributed by atoms with Gasteiger partial charge >= 0.3 is 5.97 Å². The molecule has 0 saturated heterocycles. The minimum atomic E-state index is -1.17. The molecule has 1 amide bonds. The molecule has 0 aliphatic rings. The summed E-state index contributed by atoms with van der Waals surface area (Å²) >= 11 is 0. The lowest BCUT2D eigenvalue weighted by atomic mass is 10.1. The van der Waals surface area contributed by atoms with E-state index < -0.39 is 22.9 Å². The second-order valence-corrected chi connectivity index (χ2v) is 6.29. The summed E-state index contributed by atoms with van der Waals surface area (Å²) in [4.78, 5) is 35.4. The van der Waals surface area contributed by atoms with Gasteiger partial charge in [0, 0.05) is 11.8 Å². The van der Waals surface area contributed by atoms with Gasteiger partial charge in [-0.2, -0.15) is 0 Å². The zero-order valence-electron chi connectivity index (χ0n) is 16.0. The van der Waals surface area contributed by atoms with Crippen molar-refractivity contribution in [3.63, 3.8) is 0 Å². The second kappa shape index (κ2) is 9.37. The molecule has 0 spiro atoms. The standard InChI is InChI=1S/C21H19N3O6/c1-14(20(25)23-18-10-4-5-11-19(18)24(27)28)30-21(26)16-8-2-3-9-17(16)22-13-15-7-6-12-29-15/h2-12,14,22H,13H2,1H3,(H,23,25)/t14-/m0/s1. The highest BCUT2D eigenvalue weighted by atomic mass is 16.6. The summed E-state index contributed by atoms with van der Waals surface area (Å²) in [6.45, 7) is 1.76. The van der Waals surface area contributed by atoms with Crippen LogP contribution in [-0.4, -0.2) is 22.9 Å². The van der Waals surface area contributed by atoms with Gasteiger partial charge in [-0.25, -0.2) is 4.79 Å². The smallest absolute Gasteiger partial charge is 0.341 e. The molecule has 0 saturated carbocycles. The number of carbonyl (C=O) groups is 2. The molecule has 154 valence electrons. The van der Waals surface area contributed by atoms with Crippen molar-refractivity contribution in [2.45, 2.75) is 19.6 Å². The SMILES string of the molecule is C[C@H](OC(=O)c1ccccc1NCc1ccco1)C(=O)Nc1ccccc1[N+](=O)[O-]. The number of nitrogens with zero attached hydrogens (tertiary/aromatic N) is 1. The van der Waals surface area contributed by atoms with E-state index in [0.717, 1.165) is 0 Å². The van der Waals surface area contributed by atoms with E-state index in [-0.39, 0.29) is 16.9 Å². The lowest BCUT2D eigenvalue weighted by Crippen LogP contribution is -2.30. The third kappa shape index (κ3) is 5.02. The number of nitrogens with one attached hydrogen (secondary N) is 2. The number of esters is 1. The first-order valence-corrected chi connectivity index (χ1v) is 9.06. The molecule has 0 aliphatic carbocycles. The van der Waals surface area contributed by atoms with E-state index >= 15 is 0 Å². The number of carbonyl (C=O) groups excluding carboxylic acids is 2. The summed E-state index contributed by atoms with van der Waals surface area (Å²) in [7, 11) is 0. The molecule has 1 atom stereocenters. The largest absolute Gasteiger partial charge is 0.467 e. The van der Waals surface area contributed by atoms with E-state index in [1.54, 1.807) is 48.7 Å². The Balaban J connectivity index is 1.66. The lowest BCUT2D eigenvalue weighted by molar-refractivity contribution is -0.383. The summed E-state index contributed by atoms with van der Waals surface area (Å²) in [6.07, 6.45) is 0.379. The minimum Gasteiger partial charge on any atom is -0.467 e. The van der Waals surface area contributed by atoms with Crippen LogP contribution in [0.1, 0.15) is 23.0 Å². The monoisotopic (exact) mass is 409 g/mol. The summed E-state index contributed by atoms with van der Waals surface area (Å²) < 4.78 is 10.5. The van der Waals surface area contributed by atoms with Crippen molar-refractivity contribution in [2.75, 3.05) is 10.6 Å². The first-order chi connectivity index (χ1) is 14.5. The highest BCUT2D eigenvalue weighted by Crippen LogP contribution is 2.24. The summed E-state index contributed by atoms with van der Waals surface area (Å²) in [5, 5.41) is 16.6. The fourth-order valence-corrected chi connectivity index (χ4v) is 2.66. The fourth-order valence-electron chi connectivity index (χ4n) is 2.66. The number of hydrogen-bond donors (Lipinski definition) is 2. The first kappa shape index (κ1) is 20.6. The van der Waals surface area contributed by atoms with Crippen LogP contribution in [0.3, 0.4) is 0 Å². The maximum absolute atomic E-state index is 12.6. The number of anilines is 2. The molecule has 0 fully saturated rings. The molecule has 9 nitrogen and oxygen atoms in total. The molecular formula is C21H19N3O6. The maximum Gasteiger partial charge on any atom is 0.341 e. The van der Waals surface area contributed by atoms with Crippen molar-refractivity contribution in [3.8, 4) is 0 Å². The topological polar surface area (TPSA) is 124 Å². The van der Waals surface area contributed by atoms with Gasteiger partial charge < -0.3 is 19.8 Å². The number of nitro groups is 1. The third-order valence-electron chi connectivity index (χ3n) is 4.19. The second-order valence-electron chi connectivity index (χ2n) is 6.29. The predicted molar refractivity (Wildman–Crippen MR) is 109 cm³/mol. The van der Waals surface area contributed by atoms with Crippen LogP contribution >= 0.6 is 0 Å². The number of benzene rings is 2. The molecule has 0 aliphatic heterocycles. The van der Waals surface area contributed by atoms with Crippen molar-refractivity contribution in [2.24, 2.45) is 0 Å². The van der Waals surface area contributed by atoms with Crippen LogP contribution < -0.4 is 10.6 Å². The number of furan rings is 1. The Morgan fingerprint density at radius 1 is 1.07 bits per heavy atom. The Bertz CT molecular complexity index is 1050. The van der Waals surface area contributed by atoms with Gasteiger partial charge in [0.25, 0.3) is 11.6 Å². The summed E-state index contributed by atoms with van der Waals surface area (Å²) in [5.41, 5.74) is 0.535. The molecule has 30 heavy (non-hydrogen) atoms. The Morgan fingerprint density at radius 3 is 2.47 bits per heavy atom. The van der Waals surface area contributed by atoms with Crippen LogP contribution in [-0.2, 0) is 16.1 Å². The summed E-state index contributed by atoms with van der Waals surface area (Å²) in [5.74, 6) is -0.697. The number of nitro benzene ring substituents is 1. The molecule has 0 bridgehead atoms. The van der Waals surface area contributed by atoms with E-state index in [1.165, 1.54) is 25.1 Å². The highest BCUT2D eigenvalue weighted by molar-refractivity contribution is 6.00. The van der Waals surface area contributed by atoms with E-state index in [0.29, 0.717) is 18.0 Å². The highest BCUT2D eigenvalue weighted by Gasteiger charge is 2.23. The first-order valence-electron chi connectivity index (χ1n) is 9.06. The van der Waals surface area contributed by atoms with Gasteiger partial charge in [0.1, 0.15) is 11.4 Å². The molecule has 3 aromatic rings. The van der Waals surface area contributed by atoms with Gasteiger partial charge in [0.15, 0.2) is 6.10 Å². The predicted octanol–water partition coefficient (Wildman–Crippen LogP) is 3.98. The molecule has 0 radical (unpaired) electrons. The lowest BCUT2D eigenvalue weighted by Gasteiger charge is -2.15. The van der Waals surface area contributed by atoms with Gasteiger partial charge in [0.05, 0.1) is 23.3 Å². The average Bonchev–Trinajstić information content (AvgIpc) is 3.26. The number of amides is 1. The van der Waals surface area contributed by atoms with Crippen LogP contribution in [0.4, 0.5) is 17.1 Å². The van der Waals surface area contributed by atoms with Crippen LogP contribution in [0.25, 0.3) is 0 Å². The van der Waals surface area contributed by atoms with Gasteiger partial charge in [-0.3, -0.25) is 14.9 Å². The van der Waals surface area contributed by atoms with E-state index in [1.807, 2.05) is 0 Å². The number of hydrogen-bond acceptors (Lipinski definition) is 7. The molecule has 2 aromatic carbocycles. The zero-order valence-corrected chi connectivity index (χ0v) is 16.0. The van der Waals surface area contributed by atoms with Crippen LogP contribution in [0.5, 0.6) is 0 Å². The zero-order chi connectivity index (χ0) is 21.5. The van der Waals surface area contributed by atoms with Crippen molar-refractivity contribution >= 4 is 28.9 Å². The quantitative estimate of drug-likeness (QED) is 0.327. The van der Waals surface area contributed by atoms with Gasteiger partial charge in [0.2, 0.25) is 0 Å². The Hall–Kier alpha value is -4.14. The minimum absolute atomic E-state index is 0.0240. The molecule has 3 rings (SSSR count). The number of ether oxygens (including phenoxy) is 1. The molecule has 2 N–H and O–H groups in total. The number of para-hydroxylation sites is 3. The fraction of sp³-hybridized carbons (Fsp3) is 0.143. The Morgan fingerprint density at radius 2 is 1.77 bits per heavy atom. The number of rotatable bonds is 8. The van der Waals surface area contributed by atoms with E-state index in [9.17, 15) is 19.7 Å². The van der Waals surface area contributed by atoms with Crippen molar-refractivity contribution < 1.29 is 23.7 Å². The van der Waals surface area contributed by atoms with Crippen molar-refractivity contribution in [3.05, 3.63) is 88.4 Å². The molecular weight excluding hydrogens is 390 g/mol. The van der Waals surface area contributed by atoms with Crippen molar-refractivity contribution in [1.29, 1.82) is 0 Å². The van der Waals surface area contributed by atoms with Gasteiger partial charge in [-0.05, 0) is 37.3 Å². The van der Waals surface area contributed by atoms with Crippen molar-refractivity contribution in [1.82, 2.24) is 0 Å². The van der Waals surface area contributed by atoms with Gasteiger partial charge in [-0.1, -0.05) is 24.3 Å².